The number of aromatic nitrogens is 1. The summed E-state index contributed by atoms with van der Waals surface area (Å²) in [5.41, 5.74) is 4.47. The minimum atomic E-state index is -0.733. The topological polar surface area (TPSA) is 108 Å². The van der Waals surface area contributed by atoms with E-state index in [9.17, 15) is 14.9 Å². The number of rotatable bonds is 9. The Morgan fingerprint density at radius 1 is 0.951 bits per heavy atom. The van der Waals surface area contributed by atoms with Gasteiger partial charge in [-0.25, -0.2) is 4.79 Å². The number of benzene rings is 3. The molecule has 0 radical (unpaired) electrons. The van der Waals surface area contributed by atoms with Gasteiger partial charge in [-0.2, -0.15) is 5.26 Å². The van der Waals surface area contributed by atoms with Gasteiger partial charge in [0.2, 0.25) is 0 Å². The third-order valence-corrected chi connectivity index (χ3v) is 7.34. The molecule has 0 bridgehead atoms. The fraction of sp³-hybridized carbons (Fsp3) is 0.161. The van der Waals surface area contributed by atoms with E-state index in [2.05, 4.69) is 28.1 Å². The standard InChI is InChI=1S/C31H29N5O3S2/c1-3-36-28(37)27(41-29(36)26(19-32)30(38)39-4-2)20-33-23-14-10-21(11-15-23)18-22-12-16-25(17-13-22)35-31(40)34-24-8-6-5-7-9-24/h5-17,20,33H,3-4,18H2,1-2H3,(H2,34,35,40). The lowest BCUT2D eigenvalue weighted by atomic mass is 10.0. The number of esters is 1. The summed E-state index contributed by atoms with van der Waals surface area (Å²) in [6, 6.07) is 27.7. The molecule has 4 rings (SSSR count). The molecule has 0 aliphatic carbocycles. The van der Waals surface area contributed by atoms with Crippen LogP contribution in [0.3, 0.4) is 0 Å². The second kappa shape index (κ2) is 14.1. The van der Waals surface area contributed by atoms with Crippen LogP contribution in [0.15, 0.2) is 83.7 Å². The zero-order valence-corrected chi connectivity index (χ0v) is 24.3. The number of anilines is 3. The van der Waals surface area contributed by atoms with Crippen molar-refractivity contribution < 1.29 is 9.53 Å². The fourth-order valence-electron chi connectivity index (χ4n) is 4.00. The van der Waals surface area contributed by atoms with Gasteiger partial charge in [0.1, 0.15) is 15.3 Å². The summed E-state index contributed by atoms with van der Waals surface area (Å²) in [5, 5.41) is 19.5. The quantitative estimate of drug-likeness (QED) is 0.196. The molecule has 0 spiro atoms. The Morgan fingerprint density at radius 2 is 1.54 bits per heavy atom. The Balaban J connectivity index is 1.41. The number of hydrogen-bond donors (Lipinski definition) is 3. The summed E-state index contributed by atoms with van der Waals surface area (Å²) < 4.78 is 7.06. The number of nitrogens with zero attached hydrogens (tertiary/aromatic N) is 2. The van der Waals surface area contributed by atoms with Gasteiger partial charge >= 0.3 is 5.97 Å². The molecule has 8 nitrogen and oxygen atoms in total. The number of hydrogen-bond acceptors (Lipinski definition) is 7. The Kier molecular flexibility index (Phi) is 10.0. The van der Waals surface area contributed by atoms with Crippen molar-refractivity contribution in [2.24, 2.45) is 0 Å². The number of nitrogens with one attached hydrogen (secondary N) is 3. The molecule has 0 aliphatic heterocycles. The summed E-state index contributed by atoms with van der Waals surface area (Å²) in [7, 11) is 0. The Morgan fingerprint density at radius 3 is 2.10 bits per heavy atom. The molecule has 0 aliphatic rings. The summed E-state index contributed by atoms with van der Waals surface area (Å²) in [4.78, 5) is 25.1. The number of nitriles is 1. The maximum atomic E-state index is 12.9. The van der Waals surface area contributed by atoms with Crippen LogP contribution in [-0.4, -0.2) is 22.3 Å². The van der Waals surface area contributed by atoms with E-state index in [-0.39, 0.29) is 22.4 Å². The van der Waals surface area contributed by atoms with E-state index in [1.807, 2.05) is 72.8 Å². The highest BCUT2D eigenvalue weighted by molar-refractivity contribution is 7.80. The lowest BCUT2D eigenvalue weighted by Gasteiger charge is -2.11. The highest BCUT2D eigenvalue weighted by Gasteiger charge is 2.16. The first-order valence-electron chi connectivity index (χ1n) is 13.0. The third kappa shape index (κ3) is 7.69. The molecule has 0 unspecified atom stereocenters. The summed E-state index contributed by atoms with van der Waals surface area (Å²) >= 11 is 6.48. The zero-order valence-electron chi connectivity index (χ0n) is 22.6. The number of thiocarbonyl (C=S) groups is 1. The second-order valence-corrected chi connectivity index (χ2v) is 10.3. The van der Waals surface area contributed by atoms with Crippen molar-refractivity contribution in [3.05, 3.63) is 110 Å². The molecule has 0 atom stereocenters. The van der Waals surface area contributed by atoms with E-state index in [1.54, 1.807) is 20.0 Å². The van der Waals surface area contributed by atoms with Gasteiger partial charge in [0.25, 0.3) is 5.56 Å². The van der Waals surface area contributed by atoms with Crippen molar-refractivity contribution in [3.63, 3.8) is 0 Å². The molecule has 41 heavy (non-hydrogen) atoms. The van der Waals surface area contributed by atoms with E-state index >= 15 is 0 Å². The summed E-state index contributed by atoms with van der Waals surface area (Å²) in [6.07, 6.45) is 2.35. The molecule has 3 N–H and O–H groups in total. The van der Waals surface area contributed by atoms with E-state index in [0.717, 1.165) is 45.9 Å². The van der Waals surface area contributed by atoms with Crippen LogP contribution in [0.25, 0.3) is 11.8 Å². The third-order valence-electron chi connectivity index (χ3n) is 6.00. The number of carbonyl (C=O) groups excluding carboxylic acids is 1. The fourth-order valence-corrected chi connectivity index (χ4v) is 5.31. The molecular weight excluding hydrogens is 555 g/mol. The first-order valence-corrected chi connectivity index (χ1v) is 14.2. The van der Waals surface area contributed by atoms with Crippen molar-refractivity contribution in [2.45, 2.75) is 26.8 Å². The average molecular weight is 584 g/mol. The number of para-hydroxylation sites is 1. The lowest BCUT2D eigenvalue weighted by Crippen LogP contribution is -2.32. The molecule has 1 aromatic heterocycles. The molecule has 3 aromatic carbocycles. The van der Waals surface area contributed by atoms with Gasteiger partial charge in [-0.3, -0.25) is 9.36 Å². The van der Waals surface area contributed by atoms with Crippen LogP contribution in [0.5, 0.6) is 0 Å². The first kappa shape index (κ1) is 29.3. The Bertz CT molecular complexity index is 1740. The van der Waals surface area contributed by atoms with Crippen LogP contribution in [0.1, 0.15) is 25.0 Å². The number of ether oxygens (including phenoxy) is 1. The summed E-state index contributed by atoms with van der Waals surface area (Å²) in [5.74, 6) is -0.733. The van der Waals surface area contributed by atoms with Gasteiger partial charge in [0, 0.05) is 29.8 Å². The normalized spacial score (nSPS) is 11.8. The van der Waals surface area contributed by atoms with Crippen LogP contribution in [-0.2, 0) is 22.5 Å². The SMILES string of the molecule is CCOC(=O)C(C#N)=c1sc(=CNc2ccc(Cc3ccc(NC(=S)Nc4ccccc4)cc3)cc2)c(=O)n1CC. The summed E-state index contributed by atoms with van der Waals surface area (Å²) in [6.45, 7) is 3.92. The molecule has 10 heteroatoms. The van der Waals surface area contributed by atoms with Crippen molar-refractivity contribution in [2.75, 3.05) is 22.6 Å². The maximum absolute atomic E-state index is 12.9. The highest BCUT2D eigenvalue weighted by atomic mass is 32.1. The van der Waals surface area contributed by atoms with Gasteiger partial charge in [-0.15, -0.1) is 11.3 Å². The molecule has 1 heterocycles. The molecule has 0 fully saturated rings. The van der Waals surface area contributed by atoms with Gasteiger partial charge in [-0.1, -0.05) is 42.5 Å². The van der Waals surface area contributed by atoms with E-state index in [4.69, 9.17) is 17.0 Å². The van der Waals surface area contributed by atoms with Crippen LogP contribution < -0.4 is 30.7 Å². The molecule has 0 saturated carbocycles. The smallest absolute Gasteiger partial charge is 0.351 e. The number of thiazole rings is 1. The van der Waals surface area contributed by atoms with E-state index < -0.39 is 5.97 Å². The van der Waals surface area contributed by atoms with Crippen molar-refractivity contribution in [3.8, 4) is 6.07 Å². The predicted molar refractivity (Wildman–Crippen MR) is 169 cm³/mol. The van der Waals surface area contributed by atoms with Gasteiger partial charge in [0.05, 0.1) is 6.61 Å². The van der Waals surface area contributed by atoms with Crippen molar-refractivity contribution in [1.29, 1.82) is 5.26 Å². The Labute approximate surface area is 247 Å². The lowest BCUT2D eigenvalue weighted by molar-refractivity contribution is -0.136. The van der Waals surface area contributed by atoms with Crippen LogP contribution in [0, 0.1) is 11.3 Å². The predicted octanol–water partition coefficient (Wildman–Crippen LogP) is 4.42. The molecule has 0 amide bonds. The van der Waals surface area contributed by atoms with Crippen LogP contribution in [0.4, 0.5) is 17.1 Å². The van der Waals surface area contributed by atoms with Gasteiger partial charge in [-0.05, 0) is 80.0 Å². The van der Waals surface area contributed by atoms with Crippen LogP contribution in [0.2, 0.25) is 0 Å². The van der Waals surface area contributed by atoms with Crippen molar-refractivity contribution in [1.82, 2.24) is 4.57 Å². The Hall–Kier alpha value is -4.72. The minimum Gasteiger partial charge on any atom is -0.462 e. The second-order valence-electron chi connectivity index (χ2n) is 8.83. The van der Waals surface area contributed by atoms with Crippen molar-refractivity contribution >= 4 is 63.5 Å². The number of carbonyl (C=O) groups is 1. The van der Waals surface area contributed by atoms with Crippen LogP contribution >= 0.6 is 23.6 Å². The van der Waals surface area contributed by atoms with Gasteiger partial charge in [0.15, 0.2) is 10.7 Å². The monoisotopic (exact) mass is 583 g/mol. The zero-order chi connectivity index (χ0) is 29.2. The largest absolute Gasteiger partial charge is 0.462 e. The molecule has 208 valence electrons. The van der Waals surface area contributed by atoms with E-state index in [0.29, 0.717) is 16.2 Å². The minimum absolute atomic E-state index is 0.145. The molecular formula is C31H29N5O3S2. The van der Waals surface area contributed by atoms with E-state index in [1.165, 1.54) is 4.57 Å². The molecule has 4 aromatic rings. The maximum Gasteiger partial charge on any atom is 0.351 e. The highest BCUT2D eigenvalue weighted by Crippen LogP contribution is 2.16. The first-order chi connectivity index (χ1) is 19.9. The molecule has 0 saturated heterocycles. The van der Waals surface area contributed by atoms with Gasteiger partial charge < -0.3 is 20.7 Å². The average Bonchev–Trinajstić information content (AvgIpc) is 3.29.